The van der Waals surface area contributed by atoms with Crippen molar-refractivity contribution in [1.29, 1.82) is 0 Å². The standard InChI is InChI=1S/C17H19BFNO3/c1-16(2)17(3,4)23-18(22-16)12-7-9-13(10-8-12)21-14-6-5-11-20-15(14)19/h5-11H,1-4H3. The van der Waals surface area contributed by atoms with Crippen molar-refractivity contribution in [3.8, 4) is 11.5 Å². The molecule has 0 atom stereocenters. The minimum atomic E-state index is -0.637. The van der Waals surface area contributed by atoms with E-state index in [-0.39, 0.29) is 17.0 Å². The fourth-order valence-corrected chi connectivity index (χ4v) is 2.25. The van der Waals surface area contributed by atoms with Gasteiger partial charge in [0.05, 0.1) is 11.2 Å². The molecule has 0 amide bonds. The van der Waals surface area contributed by atoms with Crippen LogP contribution in [0.2, 0.25) is 0 Å². The Kier molecular flexibility index (Phi) is 3.90. The highest BCUT2D eigenvalue weighted by Crippen LogP contribution is 2.36. The van der Waals surface area contributed by atoms with E-state index in [4.69, 9.17) is 14.0 Å². The number of hydrogen-bond donors (Lipinski definition) is 0. The Hall–Kier alpha value is -1.92. The molecule has 0 saturated carbocycles. The summed E-state index contributed by atoms with van der Waals surface area (Å²) in [6, 6.07) is 10.4. The fourth-order valence-electron chi connectivity index (χ4n) is 2.25. The SMILES string of the molecule is CC1(C)OB(c2ccc(Oc3cccnc3F)cc2)OC1(C)C. The first-order valence-electron chi connectivity index (χ1n) is 7.52. The highest BCUT2D eigenvalue weighted by molar-refractivity contribution is 6.62. The van der Waals surface area contributed by atoms with Gasteiger partial charge in [0.2, 0.25) is 0 Å². The summed E-state index contributed by atoms with van der Waals surface area (Å²) in [5.74, 6) is -0.0180. The number of hydrogen-bond acceptors (Lipinski definition) is 4. The lowest BCUT2D eigenvalue weighted by atomic mass is 9.79. The Balaban J connectivity index is 1.75. The summed E-state index contributed by atoms with van der Waals surface area (Å²) in [5, 5.41) is 0. The van der Waals surface area contributed by atoms with Crippen LogP contribution >= 0.6 is 0 Å². The molecule has 2 heterocycles. The van der Waals surface area contributed by atoms with Crippen LogP contribution in [0.4, 0.5) is 4.39 Å². The Bertz CT molecular complexity index is 687. The van der Waals surface area contributed by atoms with E-state index in [0.29, 0.717) is 5.75 Å². The minimum absolute atomic E-state index is 0.0934. The Morgan fingerprint density at radius 2 is 1.61 bits per heavy atom. The average molecular weight is 315 g/mol. The molecule has 4 nitrogen and oxygen atoms in total. The summed E-state index contributed by atoms with van der Waals surface area (Å²) in [4.78, 5) is 3.56. The van der Waals surface area contributed by atoms with Crippen molar-refractivity contribution in [2.75, 3.05) is 0 Å². The summed E-state index contributed by atoms with van der Waals surface area (Å²) in [6.45, 7) is 8.04. The van der Waals surface area contributed by atoms with Gasteiger partial charge in [0.15, 0.2) is 5.75 Å². The second-order valence-corrected chi connectivity index (χ2v) is 6.55. The molecule has 3 rings (SSSR count). The number of rotatable bonds is 3. The second-order valence-electron chi connectivity index (χ2n) is 6.55. The molecule has 1 fully saturated rings. The summed E-state index contributed by atoms with van der Waals surface area (Å²) in [5.41, 5.74) is 0.125. The number of pyridine rings is 1. The maximum absolute atomic E-state index is 13.5. The van der Waals surface area contributed by atoms with Crippen molar-refractivity contribution in [2.45, 2.75) is 38.9 Å². The number of aromatic nitrogens is 1. The van der Waals surface area contributed by atoms with Crippen LogP contribution in [0.3, 0.4) is 0 Å². The van der Waals surface area contributed by atoms with Gasteiger partial charge < -0.3 is 14.0 Å². The van der Waals surface area contributed by atoms with E-state index < -0.39 is 13.1 Å². The largest absolute Gasteiger partial charge is 0.494 e. The van der Waals surface area contributed by atoms with Crippen LogP contribution in [-0.2, 0) is 9.31 Å². The molecule has 23 heavy (non-hydrogen) atoms. The molecule has 0 spiro atoms. The van der Waals surface area contributed by atoms with E-state index >= 15 is 0 Å². The Labute approximate surface area is 135 Å². The maximum atomic E-state index is 13.5. The van der Waals surface area contributed by atoms with E-state index in [2.05, 4.69) is 4.98 Å². The van der Waals surface area contributed by atoms with Gasteiger partial charge in [-0.15, -0.1) is 0 Å². The highest BCUT2D eigenvalue weighted by atomic mass is 19.1. The van der Waals surface area contributed by atoms with Crippen molar-refractivity contribution in [3.63, 3.8) is 0 Å². The van der Waals surface area contributed by atoms with Crippen molar-refractivity contribution in [1.82, 2.24) is 4.98 Å². The summed E-state index contributed by atoms with van der Waals surface area (Å²) >= 11 is 0. The Morgan fingerprint density at radius 1 is 1.00 bits per heavy atom. The normalized spacial score (nSPS) is 18.9. The lowest BCUT2D eigenvalue weighted by Crippen LogP contribution is -2.41. The van der Waals surface area contributed by atoms with Gasteiger partial charge in [-0.25, -0.2) is 4.98 Å². The lowest BCUT2D eigenvalue weighted by Gasteiger charge is -2.32. The number of nitrogens with zero attached hydrogens (tertiary/aromatic N) is 1. The van der Waals surface area contributed by atoms with E-state index in [1.165, 1.54) is 12.3 Å². The maximum Gasteiger partial charge on any atom is 0.494 e. The molecular weight excluding hydrogens is 296 g/mol. The van der Waals surface area contributed by atoms with E-state index in [9.17, 15) is 4.39 Å². The summed E-state index contributed by atoms with van der Waals surface area (Å²) in [6.07, 6.45) is 1.38. The van der Waals surface area contributed by atoms with Crippen LogP contribution in [-0.4, -0.2) is 23.3 Å². The van der Waals surface area contributed by atoms with Gasteiger partial charge in [-0.2, -0.15) is 4.39 Å². The molecule has 1 aromatic carbocycles. The van der Waals surface area contributed by atoms with Crippen molar-refractivity contribution in [3.05, 3.63) is 48.5 Å². The van der Waals surface area contributed by atoms with Crippen molar-refractivity contribution in [2.24, 2.45) is 0 Å². The lowest BCUT2D eigenvalue weighted by molar-refractivity contribution is 0.00578. The average Bonchev–Trinajstić information content (AvgIpc) is 2.71. The van der Waals surface area contributed by atoms with E-state index in [0.717, 1.165) is 5.46 Å². The molecule has 0 radical (unpaired) electrons. The zero-order valence-electron chi connectivity index (χ0n) is 13.7. The number of benzene rings is 1. The fraction of sp³-hybridized carbons (Fsp3) is 0.353. The molecule has 1 aliphatic rings. The Morgan fingerprint density at radius 3 is 2.17 bits per heavy atom. The third kappa shape index (κ3) is 3.09. The molecule has 1 aliphatic heterocycles. The minimum Gasteiger partial charge on any atom is -0.453 e. The van der Waals surface area contributed by atoms with Crippen LogP contribution in [0.5, 0.6) is 11.5 Å². The van der Waals surface area contributed by atoms with E-state index in [1.54, 1.807) is 18.2 Å². The quantitative estimate of drug-likeness (QED) is 0.643. The first kappa shape index (κ1) is 16.0. The molecule has 6 heteroatoms. The van der Waals surface area contributed by atoms with Gasteiger partial charge in [0, 0.05) is 6.20 Å². The van der Waals surface area contributed by atoms with Crippen molar-refractivity contribution < 1.29 is 18.4 Å². The van der Waals surface area contributed by atoms with Gasteiger partial charge in [-0.3, -0.25) is 0 Å². The van der Waals surface area contributed by atoms with E-state index in [1.807, 2.05) is 39.8 Å². The zero-order valence-corrected chi connectivity index (χ0v) is 13.7. The molecule has 120 valence electrons. The van der Waals surface area contributed by atoms with Crippen LogP contribution in [0, 0.1) is 5.95 Å². The number of halogens is 1. The van der Waals surface area contributed by atoms with Gasteiger partial charge in [0.25, 0.3) is 5.95 Å². The van der Waals surface area contributed by atoms with Gasteiger partial charge in [-0.1, -0.05) is 12.1 Å². The molecule has 0 unspecified atom stereocenters. The van der Waals surface area contributed by atoms with Gasteiger partial charge in [0.1, 0.15) is 5.75 Å². The predicted molar refractivity (Wildman–Crippen MR) is 86.4 cm³/mol. The number of ether oxygens (including phenoxy) is 1. The first-order valence-corrected chi connectivity index (χ1v) is 7.52. The molecular formula is C17H19BFNO3. The monoisotopic (exact) mass is 315 g/mol. The second kappa shape index (κ2) is 5.62. The van der Waals surface area contributed by atoms with Gasteiger partial charge in [-0.05, 0) is 57.4 Å². The predicted octanol–water partition coefficient (Wildman–Crippen LogP) is 3.31. The van der Waals surface area contributed by atoms with Crippen molar-refractivity contribution >= 4 is 12.6 Å². The third-order valence-electron chi connectivity index (χ3n) is 4.36. The molecule has 0 N–H and O–H groups in total. The van der Waals surface area contributed by atoms with Crippen LogP contribution in [0.25, 0.3) is 0 Å². The van der Waals surface area contributed by atoms with Gasteiger partial charge >= 0.3 is 7.12 Å². The molecule has 1 saturated heterocycles. The molecule has 0 aliphatic carbocycles. The van der Waals surface area contributed by atoms with Crippen LogP contribution in [0.15, 0.2) is 42.6 Å². The topological polar surface area (TPSA) is 40.6 Å². The molecule has 0 bridgehead atoms. The smallest absolute Gasteiger partial charge is 0.453 e. The van der Waals surface area contributed by atoms with Crippen LogP contribution < -0.4 is 10.2 Å². The zero-order chi connectivity index (χ0) is 16.7. The molecule has 1 aromatic heterocycles. The summed E-state index contributed by atoms with van der Waals surface area (Å²) in [7, 11) is -0.427. The first-order chi connectivity index (χ1) is 10.8. The van der Waals surface area contributed by atoms with Crippen LogP contribution in [0.1, 0.15) is 27.7 Å². The third-order valence-corrected chi connectivity index (χ3v) is 4.36. The molecule has 2 aromatic rings. The summed E-state index contributed by atoms with van der Waals surface area (Å²) < 4.78 is 31.0. The highest BCUT2D eigenvalue weighted by Gasteiger charge is 2.51.